The van der Waals surface area contributed by atoms with E-state index >= 15 is 0 Å². The number of alkyl halides is 3. The highest BCUT2D eigenvalue weighted by Crippen LogP contribution is 2.35. The number of thiophene rings is 1. The summed E-state index contributed by atoms with van der Waals surface area (Å²) in [5.74, 6) is 0. The summed E-state index contributed by atoms with van der Waals surface area (Å²) in [4.78, 5) is 4.82. The van der Waals surface area contributed by atoms with E-state index in [0.29, 0.717) is 5.71 Å². The molecule has 21 heavy (non-hydrogen) atoms. The molecule has 0 spiro atoms. The second-order valence-corrected chi connectivity index (χ2v) is 6.25. The Morgan fingerprint density at radius 1 is 1.29 bits per heavy atom. The number of aromatic nitrogens is 1. The zero-order chi connectivity index (χ0) is 15.0. The summed E-state index contributed by atoms with van der Waals surface area (Å²) in [6, 6.07) is 3.49. The van der Waals surface area contributed by atoms with Crippen molar-refractivity contribution in [2.45, 2.75) is 12.7 Å². The van der Waals surface area contributed by atoms with Crippen molar-refractivity contribution in [3.8, 4) is 0 Å². The van der Waals surface area contributed by atoms with E-state index in [0.717, 1.165) is 25.5 Å². The molecule has 3 heterocycles. The van der Waals surface area contributed by atoms with Gasteiger partial charge in [0.2, 0.25) is 0 Å². The summed E-state index contributed by atoms with van der Waals surface area (Å²) in [7, 11) is 0. The van der Waals surface area contributed by atoms with Crippen molar-refractivity contribution in [2.24, 2.45) is 5.10 Å². The Balaban J connectivity index is 2.04. The maximum atomic E-state index is 12.6. The molecule has 0 bridgehead atoms. The second-order valence-electron chi connectivity index (χ2n) is 4.51. The Labute approximate surface area is 131 Å². The SMILES string of the molecule is FC(F)(F)CN1Cc2c(Br)csc2C(c2ccncc2)=N1. The molecule has 110 valence electrons. The van der Waals surface area contributed by atoms with Gasteiger partial charge in [0.25, 0.3) is 0 Å². The number of hydrogen-bond donors (Lipinski definition) is 0. The third-order valence-electron chi connectivity index (χ3n) is 2.96. The summed E-state index contributed by atoms with van der Waals surface area (Å²) in [5.41, 5.74) is 2.15. The van der Waals surface area contributed by atoms with Crippen LogP contribution in [0, 0.1) is 0 Å². The molecule has 0 aliphatic carbocycles. The summed E-state index contributed by atoms with van der Waals surface area (Å²) >= 11 is 4.86. The van der Waals surface area contributed by atoms with E-state index in [1.165, 1.54) is 11.3 Å². The van der Waals surface area contributed by atoms with Gasteiger partial charge in [-0.2, -0.15) is 18.3 Å². The van der Waals surface area contributed by atoms with E-state index in [4.69, 9.17) is 0 Å². The van der Waals surface area contributed by atoms with Gasteiger partial charge >= 0.3 is 6.18 Å². The van der Waals surface area contributed by atoms with Crippen LogP contribution >= 0.6 is 27.3 Å². The van der Waals surface area contributed by atoms with Crippen molar-refractivity contribution >= 4 is 33.0 Å². The Bertz CT molecular complexity index is 682. The van der Waals surface area contributed by atoms with Crippen LogP contribution in [0.15, 0.2) is 39.5 Å². The second kappa shape index (κ2) is 5.42. The van der Waals surface area contributed by atoms with Crippen molar-refractivity contribution < 1.29 is 13.2 Å². The largest absolute Gasteiger partial charge is 0.407 e. The third kappa shape index (κ3) is 3.11. The fraction of sp³-hybridized carbons (Fsp3) is 0.231. The number of halogens is 4. The highest BCUT2D eigenvalue weighted by Gasteiger charge is 2.33. The van der Waals surface area contributed by atoms with Gasteiger partial charge in [0.1, 0.15) is 12.3 Å². The lowest BCUT2D eigenvalue weighted by Crippen LogP contribution is -2.33. The van der Waals surface area contributed by atoms with Crippen LogP contribution in [0.2, 0.25) is 0 Å². The van der Waals surface area contributed by atoms with Gasteiger partial charge in [-0.15, -0.1) is 11.3 Å². The minimum atomic E-state index is -4.28. The molecule has 0 atom stereocenters. The predicted molar refractivity (Wildman–Crippen MR) is 78.4 cm³/mol. The number of rotatable bonds is 2. The first-order valence-electron chi connectivity index (χ1n) is 6.01. The van der Waals surface area contributed by atoms with Crippen LogP contribution in [-0.4, -0.2) is 28.4 Å². The van der Waals surface area contributed by atoms with Gasteiger partial charge in [0.05, 0.1) is 11.4 Å². The fourth-order valence-electron chi connectivity index (χ4n) is 2.11. The molecule has 0 amide bonds. The van der Waals surface area contributed by atoms with Gasteiger partial charge in [0, 0.05) is 33.4 Å². The normalized spacial score (nSPS) is 14.9. The van der Waals surface area contributed by atoms with Gasteiger partial charge in [-0.1, -0.05) is 0 Å². The maximum Gasteiger partial charge on any atom is 0.407 e. The molecule has 0 aromatic carbocycles. The van der Waals surface area contributed by atoms with Crippen LogP contribution in [0.25, 0.3) is 0 Å². The van der Waals surface area contributed by atoms with Crippen LogP contribution in [-0.2, 0) is 6.54 Å². The molecule has 2 aromatic heterocycles. The topological polar surface area (TPSA) is 28.5 Å². The first kappa shape index (κ1) is 14.5. The summed E-state index contributed by atoms with van der Waals surface area (Å²) < 4.78 is 38.7. The van der Waals surface area contributed by atoms with Gasteiger partial charge < -0.3 is 0 Å². The summed E-state index contributed by atoms with van der Waals surface area (Å²) in [5, 5.41) is 7.11. The number of hydrogen-bond acceptors (Lipinski definition) is 4. The standard InChI is InChI=1S/C13H9BrF3N3S/c14-10-6-21-12-9(10)5-20(7-13(15,16)17)19-11(12)8-1-3-18-4-2-8/h1-4,6H,5,7H2. The van der Waals surface area contributed by atoms with E-state index in [1.54, 1.807) is 24.5 Å². The van der Waals surface area contributed by atoms with Crippen LogP contribution in [0.3, 0.4) is 0 Å². The molecule has 8 heteroatoms. The van der Waals surface area contributed by atoms with Crippen molar-refractivity contribution in [1.82, 2.24) is 9.99 Å². The lowest BCUT2D eigenvalue weighted by Gasteiger charge is -2.26. The minimum Gasteiger partial charge on any atom is -0.283 e. The van der Waals surface area contributed by atoms with Gasteiger partial charge in [0.15, 0.2) is 0 Å². The van der Waals surface area contributed by atoms with Gasteiger partial charge in [-0.25, -0.2) is 0 Å². The maximum absolute atomic E-state index is 12.6. The average Bonchev–Trinajstić information content (AvgIpc) is 2.79. The van der Waals surface area contributed by atoms with E-state index in [2.05, 4.69) is 26.0 Å². The Hall–Kier alpha value is -1.41. The lowest BCUT2D eigenvalue weighted by molar-refractivity contribution is -0.147. The van der Waals surface area contributed by atoms with E-state index in [1.807, 2.05) is 5.38 Å². The lowest BCUT2D eigenvalue weighted by atomic mass is 10.1. The highest BCUT2D eigenvalue weighted by molar-refractivity contribution is 9.10. The molecule has 0 radical (unpaired) electrons. The Kier molecular flexibility index (Phi) is 3.75. The number of pyridine rings is 1. The molecular formula is C13H9BrF3N3S. The summed E-state index contributed by atoms with van der Waals surface area (Å²) in [6.07, 6.45) is -1.08. The highest BCUT2D eigenvalue weighted by atomic mass is 79.9. The summed E-state index contributed by atoms with van der Waals surface area (Å²) in [6.45, 7) is -0.920. The molecule has 3 rings (SSSR count). The first-order chi connectivity index (χ1) is 9.94. The molecule has 0 fully saturated rings. The molecule has 2 aromatic rings. The zero-order valence-corrected chi connectivity index (χ0v) is 13.0. The zero-order valence-electron chi connectivity index (χ0n) is 10.6. The number of fused-ring (bicyclic) bond motifs is 1. The van der Waals surface area contributed by atoms with Crippen molar-refractivity contribution in [3.05, 3.63) is 50.4 Å². The number of nitrogens with zero attached hydrogens (tertiary/aromatic N) is 3. The van der Waals surface area contributed by atoms with Crippen LogP contribution in [0.1, 0.15) is 16.0 Å². The van der Waals surface area contributed by atoms with E-state index < -0.39 is 12.7 Å². The first-order valence-corrected chi connectivity index (χ1v) is 7.68. The molecular weight excluding hydrogens is 367 g/mol. The van der Waals surface area contributed by atoms with E-state index in [-0.39, 0.29) is 6.54 Å². The minimum absolute atomic E-state index is 0.146. The third-order valence-corrected chi connectivity index (χ3v) is 4.99. The molecule has 1 aliphatic heterocycles. The van der Waals surface area contributed by atoms with Gasteiger partial charge in [-0.3, -0.25) is 9.99 Å². The molecule has 0 saturated carbocycles. The smallest absolute Gasteiger partial charge is 0.283 e. The van der Waals surface area contributed by atoms with Gasteiger partial charge in [-0.05, 0) is 28.1 Å². The van der Waals surface area contributed by atoms with E-state index in [9.17, 15) is 13.2 Å². The monoisotopic (exact) mass is 375 g/mol. The number of hydrazone groups is 1. The Morgan fingerprint density at radius 2 is 2.00 bits per heavy atom. The predicted octanol–water partition coefficient (Wildman–Crippen LogP) is 4.04. The van der Waals surface area contributed by atoms with Crippen molar-refractivity contribution in [1.29, 1.82) is 0 Å². The molecule has 0 saturated heterocycles. The van der Waals surface area contributed by atoms with Crippen molar-refractivity contribution in [2.75, 3.05) is 6.54 Å². The molecule has 1 aliphatic rings. The average molecular weight is 376 g/mol. The quantitative estimate of drug-likeness (QED) is 0.792. The fourth-order valence-corrected chi connectivity index (χ4v) is 3.79. The molecule has 0 N–H and O–H groups in total. The van der Waals surface area contributed by atoms with Crippen LogP contribution in [0.5, 0.6) is 0 Å². The van der Waals surface area contributed by atoms with Crippen LogP contribution < -0.4 is 0 Å². The van der Waals surface area contributed by atoms with Crippen LogP contribution in [0.4, 0.5) is 13.2 Å². The molecule has 0 unspecified atom stereocenters. The molecule has 3 nitrogen and oxygen atoms in total. The van der Waals surface area contributed by atoms with Crippen molar-refractivity contribution in [3.63, 3.8) is 0 Å². The Morgan fingerprint density at radius 3 is 2.67 bits per heavy atom.